The quantitative estimate of drug-likeness (QED) is 0.744. The minimum Gasteiger partial charge on any atom is -0.493 e. The molecule has 2 aromatic rings. The van der Waals surface area contributed by atoms with E-state index in [0.29, 0.717) is 11.3 Å². The highest BCUT2D eigenvalue weighted by molar-refractivity contribution is 5.28. The summed E-state index contributed by atoms with van der Waals surface area (Å²) in [5.41, 5.74) is 1.95. The topological polar surface area (TPSA) is 12.5 Å². The van der Waals surface area contributed by atoms with Crippen molar-refractivity contribution in [2.45, 2.75) is 37.5 Å². The van der Waals surface area contributed by atoms with Crippen LogP contribution in [0.25, 0.3) is 0 Å². The van der Waals surface area contributed by atoms with Gasteiger partial charge in [-0.2, -0.15) is 0 Å². The molecular formula is C23H29NO. The molecule has 1 atom stereocenters. The minimum atomic E-state index is 0.406. The number of rotatable bonds is 6. The zero-order valence-corrected chi connectivity index (χ0v) is 15.1. The fourth-order valence-electron chi connectivity index (χ4n) is 4.52. The summed E-state index contributed by atoms with van der Waals surface area (Å²) in [5.74, 6) is 1.65. The molecule has 0 amide bonds. The number of para-hydroxylation sites is 1. The van der Waals surface area contributed by atoms with Crippen molar-refractivity contribution >= 4 is 0 Å². The fourth-order valence-corrected chi connectivity index (χ4v) is 4.52. The van der Waals surface area contributed by atoms with Crippen LogP contribution >= 0.6 is 0 Å². The van der Waals surface area contributed by atoms with Crippen molar-refractivity contribution in [3.05, 3.63) is 66.2 Å². The van der Waals surface area contributed by atoms with Crippen molar-refractivity contribution in [3.8, 4) is 5.75 Å². The van der Waals surface area contributed by atoms with Gasteiger partial charge in [0.25, 0.3) is 0 Å². The SMILES string of the molecule is c1ccc(OC[C@H]2CCCN(CC3(c4ccccc4)CCC3)C2)cc1. The molecule has 0 aromatic heterocycles. The first-order chi connectivity index (χ1) is 12.3. The molecule has 0 bridgehead atoms. The first-order valence-corrected chi connectivity index (χ1v) is 9.80. The number of likely N-dealkylation sites (tertiary alicyclic amines) is 1. The van der Waals surface area contributed by atoms with Gasteiger partial charge in [0.1, 0.15) is 5.75 Å². The molecule has 2 fully saturated rings. The average molecular weight is 335 g/mol. The molecule has 0 spiro atoms. The van der Waals surface area contributed by atoms with Gasteiger partial charge in [-0.3, -0.25) is 0 Å². The Morgan fingerprint density at radius 3 is 2.32 bits per heavy atom. The van der Waals surface area contributed by atoms with Crippen LogP contribution in [-0.2, 0) is 5.41 Å². The maximum absolute atomic E-state index is 6.02. The van der Waals surface area contributed by atoms with E-state index in [1.807, 2.05) is 18.2 Å². The van der Waals surface area contributed by atoms with Crippen LogP contribution in [0, 0.1) is 5.92 Å². The van der Waals surface area contributed by atoms with Crippen LogP contribution in [-0.4, -0.2) is 31.1 Å². The second-order valence-corrected chi connectivity index (χ2v) is 7.87. The number of hydrogen-bond donors (Lipinski definition) is 0. The highest BCUT2D eigenvalue weighted by atomic mass is 16.5. The summed E-state index contributed by atoms with van der Waals surface area (Å²) in [7, 11) is 0. The van der Waals surface area contributed by atoms with Crippen LogP contribution in [0.5, 0.6) is 5.75 Å². The van der Waals surface area contributed by atoms with Crippen molar-refractivity contribution in [2.24, 2.45) is 5.92 Å². The molecule has 2 aromatic carbocycles. The van der Waals surface area contributed by atoms with Crippen LogP contribution < -0.4 is 4.74 Å². The standard InChI is InChI=1S/C23H29NO/c1-3-10-21(11-4-1)23(14-8-15-23)19-24-16-7-9-20(17-24)18-25-22-12-5-2-6-13-22/h1-6,10-13,20H,7-9,14-19H2/t20-/m0/s1. The zero-order valence-electron chi connectivity index (χ0n) is 15.1. The zero-order chi connectivity index (χ0) is 17.0. The lowest BCUT2D eigenvalue weighted by molar-refractivity contribution is 0.0816. The van der Waals surface area contributed by atoms with Gasteiger partial charge in [-0.15, -0.1) is 0 Å². The lowest BCUT2D eigenvalue weighted by atomic mass is 9.64. The Morgan fingerprint density at radius 2 is 1.64 bits per heavy atom. The molecule has 1 heterocycles. The number of benzene rings is 2. The largest absolute Gasteiger partial charge is 0.493 e. The van der Waals surface area contributed by atoms with Crippen LogP contribution in [0.2, 0.25) is 0 Å². The van der Waals surface area contributed by atoms with E-state index in [0.717, 1.165) is 12.4 Å². The van der Waals surface area contributed by atoms with Crippen LogP contribution in [0.4, 0.5) is 0 Å². The number of hydrogen-bond acceptors (Lipinski definition) is 2. The Morgan fingerprint density at radius 1 is 0.920 bits per heavy atom. The van der Waals surface area contributed by atoms with Crippen molar-refractivity contribution in [3.63, 3.8) is 0 Å². The minimum absolute atomic E-state index is 0.406. The molecule has 2 nitrogen and oxygen atoms in total. The van der Waals surface area contributed by atoms with Crippen LogP contribution in [0.1, 0.15) is 37.7 Å². The maximum Gasteiger partial charge on any atom is 0.119 e. The van der Waals surface area contributed by atoms with Gasteiger partial charge < -0.3 is 9.64 Å². The van der Waals surface area contributed by atoms with E-state index in [-0.39, 0.29) is 0 Å². The Hall–Kier alpha value is -1.80. The molecule has 0 N–H and O–H groups in total. The molecule has 1 aliphatic heterocycles. The summed E-state index contributed by atoms with van der Waals surface area (Å²) in [6.45, 7) is 4.50. The second-order valence-electron chi connectivity index (χ2n) is 7.87. The van der Waals surface area contributed by atoms with E-state index in [2.05, 4.69) is 47.4 Å². The van der Waals surface area contributed by atoms with E-state index in [9.17, 15) is 0 Å². The van der Waals surface area contributed by atoms with Gasteiger partial charge in [0, 0.05) is 24.4 Å². The predicted molar refractivity (Wildman–Crippen MR) is 103 cm³/mol. The number of ether oxygens (including phenoxy) is 1. The van der Waals surface area contributed by atoms with E-state index in [4.69, 9.17) is 4.74 Å². The van der Waals surface area contributed by atoms with Gasteiger partial charge in [-0.25, -0.2) is 0 Å². The predicted octanol–water partition coefficient (Wildman–Crippen LogP) is 4.90. The highest BCUT2D eigenvalue weighted by Crippen LogP contribution is 2.44. The summed E-state index contributed by atoms with van der Waals surface area (Å²) in [6, 6.07) is 21.4. The van der Waals surface area contributed by atoms with Gasteiger partial charge in [-0.1, -0.05) is 55.0 Å². The third-order valence-electron chi connectivity index (χ3n) is 6.06. The highest BCUT2D eigenvalue weighted by Gasteiger charge is 2.40. The monoisotopic (exact) mass is 335 g/mol. The van der Waals surface area contributed by atoms with Crippen molar-refractivity contribution < 1.29 is 4.74 Å². The van der Waals surface area contributed by atoms with Gasteiger partial charge >= 0.3 is 0 Å². The molecular weight excluding hydrogens is 306 g/mol. The number of nitrogens with zero attached hydrogens (tertiary/aromatic N) is 1. The fraction of sp³-hybridized carbons (Fsp3) is 0.478. The summed E-state index contributed by atoms with van der Waals surface area (Å²) < 4.78 is 6.02. The molecule has 1 aliphatic carbocycles. The normalized spacial score (nSPS) is 23.0. The smallest absolute Gasteiger partial charge is 0.119 e. The Labute approximate surface area is 151 Å². The van der Waals surface area contributed by atoms with E-state index in [1.165, 1.54) is 51.7 Å². The Balaban J connectivity index is 1.35. The lowest BCUT2D eigenvalue weighted by Crippen LogP contribution is -2.49. The molecule has 4 rings (SSSR count). The first kappa shape index (κ1) is 16.7. The first-order valence-electron chi connectivity index (χ1n) is 9.80. The summed E-state index contributed by atoms with van der Waals surface area (Å²) in [4.78, 5) is 2.70. The molecule has 25 heavy (non-hydrogen) atoms. The number of piperidine rings is 1. The van der Waals surface area contributed by atoms with E-state index in [1.54, 1.807) is 5.56 Å². The van der Waals surface area contributed by atoms with E-state index < -0.39 is 0 Å². The van der Waals surface area contributed by atoms with Crippen molar-refractivity contribution in [1.29, 1.82) is 0 Å². The average Bonchev–Trinajstić information content (AvgIpc) is 2.65. The molecule has 132 valence electrons. The van der Waals surface area contributed by atoms with Gasteiger partial charge in [0.05, 0.1) is 6.61 Å². The van der Waals surface area contributed by atoms with E-state index >= 15 is 0 Å². The summed E-state index contributed by atoms with van der Waals surface area (Å²) in [5, 5.41) is 0. The molecule has 2 aliphatic rings. The summed E-state index contributed by atoms with van der Waals surface area (Å²) in [6.07, 6.45) is 6.66. The molecule has 0 radical (unpaired) electrons. The second kappa shape index (κ2) is 7.61. The maximum atomic E-state index is 6.02. The van der Waals surface area contributed by atoms with Crippen LogP contribution in [0.3, 0.4) is 0 Å². The molecule has 2 heteroatoms. The van der Waals surface area contributed by atoms with Crippen molar-refractivity contribution in [1.82, 2.24) is 4.90 Å². The van der Waals surface area contributed by atoms with Crippen LogP contribution in [0.15, 0.2) is 60.7 Å². The summed E-state index contributed by atoms with van der Waals surface area (Å²) >= 11 is 0. The molecule has 0 unspecified atom stereocenters. The van der Waals surface area contributed by atoms with Gasteiger partial charge in [0.15, 0.2) is 0 Å². The van der Waals surface area contributed by atoms with Gasteiger partial charge in [0.2, 0.25) is 0 Å². The third kappa shape index (κ3) is 3.90. The third-order valence-corrected chi connectivity index (χ3v) is 6.06. The van der Waals surface area contributed by atoms with Gasteiger partial charge in [-0.05, 0) is 49.9 Å². The van der Waals surface area contributed by atoms with Crippen molar-refractivity contribution in [2.75, 3.05) is 26.2 Å². The Kier molecular flexibility index (Phi) is 5.07. The molecule has 1 saturated heterocycles. The lowest BCUT2D eigenvalue weighted by Gasteiger charge is -2.47. The molecule has 1 saturated carbocycles. The Bertz CT molecular complexity index is 650.